The van der Waals surface area contributed by atoms with Crippen molar-refractivity contribution in [3.63, 3.8) is 0 Å². The zero-order valence-corrected chi connectivity index (χ0v) is 30.0. The molecule has 0 aromatic rings. The highest BCUT2D eigenvalue weighted by Crippen LogP contribution is 2.34. The maximum Gasteiger partial charge on any atom is 0.306 e. The predicted molar refractivity (Wildman–Crippen MR) is 188 cm³/mol. The molecule has 0 aliphatic heterocycles. The fourth-order valence-electron chi connectivity index (χ4n) is 6.46. The Bertz CT molecular complexity index is 828. The summed E-state index contributed by atoms with van der Waals surface area (Å²) in [5.74, 6) is -1.18. The first kappa shape index (κ1) is 43.3. The lowest BCUT2D eigenvalue weighted by atomic mass is 9.88. The number of aliphatic hydroxyl groups is 3. The van der Waals surface area contributed by atoms with E-state index in [1.807, 2.05) is 0 Å². The molecule has 47 heavy (non-hydrogen) atoms. The van der Waals surface area contributed by atoms with Crippen molar-refractivity contribution in [1.29, 1.82) is 0 Å². The molecule has 3 N–H and O–H groups in total. The molecule has 5 atom stereocenters. The van der Waals surface area contributed by atoms with Gasteiger partial charge in [-0.2, -0.15) is 0 Å². The maximum absolute atomic E-state index is 12.4. The molecule has 0 aromatic heterocycles. The number of hydrogen-bond acceptors (Lipinski definition) is 8. The predicted octanol–water partition coefficient (Wildman–Crippen LogP) is 8.32. The van der Waals surface area contributed by atoms with Crippen LogP contribution in [0.3, 0.4) is 0 Å². The summed E-state index contributed by atoms with van der Waals surface area (Å²) in [7, 11) is 0. The molecule has 8 heteroatoms. The van der Waals surface area contributed by atoms with Crippen LogP contribution in [-0.4, -0.2) is 64.6 Å². The summed E-state index contributed by atoms with van der Waals surface area (Å²) in [6, 6.07) is 0. The van der Waals surface area contributed by atoms with Crippen molar-refractivity contribution in [2.45, 2.75) is 193 Å². The van der Waals surface area contributed by atoms with E-state index in [4.69, 9.17) is 9.47 Å². The minimum Gasteiger partial charge on any atom is -0.462 e. The molecular weight excluding hydrogens is 596 g/mol. The Kier molecular flexibility index (Phi) is 26.8. The van der Waals surface area contributed by atoms with E-state index < -0.39 is 18.3 Å². The van der Waals surface area contributed by atoms with Gasteiger partial charge in [-0.25, -0.2) is 0 Å². The highest BCUT2D eigenvalue weighted by atomic mass is 16.6. The topological polar surface area (TPSA) is 130 Å². The first-order valence-electron chi connectivity index (χ1n) is 19.3. The van der Waals surface area contributed by atoms with Crippen molar-refractivity contribution < 1.29 is 39.2 Å². The van der Waals surface area contributed by atoms with E-state index in [1.54, 1.807) is 12.2 Å². The van der Waals surface area contributed by atoms with Crippen molar-refractivity contribution in [1.82, 2.24) is 0 Å². The second kappa shape index (κ2) is 29.2. The van der Waals surface area contributed by atoms with Crippen molar-refractivity contribution in [2.75, 3.05) is 13.2 Å². The van der Waals surface area contributed by atoms with Crippen LogP contribution in [0.4, 0.5) is 0 Å². The molecule has 1 aliphatic carbocycles. The van der Waals surface area contributed by atoms with Gasteiger partial charge in [-0.1, -0.05) is 142 Å². The Labute approximate surface area is 286 Å². The van der Waals surface area contributed by atoms with Gasteiger partial charge >= 0.3 is 11.9 Å². The first-order valence-corrected chi connectivity index (χ1v) is 19.3. The molecule has 274 valence electrons. The number of rotatable bonds is 31. The van der Waals surface area contributed by atoms with E-state index in [2.05, 4.69) is 13.8 Å². The fraction of sp³-hybridized carbons (Fsp3) is 0.872. The Morgan fingerprint density at radius 3 is 1.85 bits per heavy atom. The summed E-state index contributed by atoms with van der Waals surface area (Å²) in [6.45, 7) is 3.83. The van der Waals surface area contributed by atoms with Crippen molar-refractivity contribution in [3.05, 3.63) is 12.2 Å². The van der Waals surface area contributed by atoms with E-state index in [-0.39, 0.29) is 55.6 Å². The van der Waals surface area contributed by atoms with Gasteiger partial charge < -0.3 is 24.8 Å². The second-order valence-electron chi connectivity index (χ2n) is 13.8. The molecule has 0 spiro atoms. The maximum atomic E-state index is 12.4. The van der Waals surface area contributed by atoms with E-state index in [9.17, 15) is 29.7 Å². The lowest BCUT2D eigenvalue weighted by Gasteiger charge is -2.19. The number of unbranched alkanes of at least 4 members (excludes halogenated alkanes) is 17. The molecule has 0 amide bonds. The Morgan fingerprint density at radius 1 is 0.766 bits per heavy atom. The van der Waals surface area contributed by atoms with Gasteiger partial charge in [0.2, 0.25) is 0 Å². The normalized spacial score (nSPS) is 19.3. The molecule has 1 rings (SSSR count). The fourth-order valence-corrected chi connectivity index (χ4v) is 6.46. The Balaban J connectivity index is 2.10. The van der Waals surface area contributed by atoms with Crippen LogP contribution in [0.25, 0.3) is 0 Å². The largest absolute Gasteiger partial charge is 0.462 e. The van der Waals surface area contributed by atoms with E-state index in [1.165, 1.54) is 64.2 Å². The van der Waals surface area contributed by atoms with Gasteiger partial charge in [-0.15, -0.1) is 0 Å². The Hall–Kier alpha value is -1.77. The van der Waals surface area contributed by atoms with Gasteiger partial charge in [0.1, 0.15) is 12.4 Å². The average molecular weight is 667 g/mol. The number of carbonyl (C=O) groups excluding carboxylic acids is 3. The van der Waals surface area contributed by atoms with Crippen LogP contribution in [0.1, 0.15) is 174 Å². The molecule has 0 unspecified atom stereocenters. The highest BCUT2D eigenvalue weighted by Gasteiger charge is 2.39. The first-order chi connectivity index (χ1) is 22.8. The summed E-state index contributed by atoms with van der Waals surface area (Å²) in [6.07, 6.45) is 26.0. The van der Waals surface area contributed by atoms with Gasteiger partial charge in [0.15, 0.2) is 6.10 Å². The summed E-state index contributed by atoms with van der Waals surface area (Å²) in [4.78, 5) is 36.8. The molecule has 1 fully saturated rings. The number of aliphatic hydroxyl groups excluding tert-OH is 3. The molecular formula is C39H70O8. The molecule has 0 saturated heterocycles. The highest BCUT2D eigenvalue weighted by molar-refractivity contribution is 5.86. The van der Waals surface area contributed by atoms with E-state index in [0.29, 0.717) is 19.3 Å². The quantitative estimate of drug-likeness (QED) is 0.0383. The van der Waals surface area contributed by atoms with Gasteiger partial charge in [0.05, 0.1) is 18.8 Å². The number of carbonyl (C=O) groups is 3. The number of esters is 2. The smallest absolute Gasteiger partial charge is 0.306 e. The number of ether oxygens (including phenoxy) is 2. The van der Waals surface area contributed by atoms with Crippen LogP contribution in [0.15, 0.2) is 12.2 Å². The third-order valence-electron chi connectivity index (χ3n) is 9.47. The van der Waals surface area contributed by atoms with Crippen molar-refractivity contribution in [3.8, 4) is 0 Å². The summed E-state index contributed by atoms with van der Waals surface area (Å²) >= 11 is 0. The Morgan fingerprint density at radius 2 is 1.28 bits per heavy atom. The van der Waals surface area contributed by atoms with Crippen molar-refractivity contribution >= 4 is 17.7 Å². The molecule has 8 nitrogen and oxygen atoms in total. The summed E-state index contributed by atoms with van der Waals surface area (Å²) in [5.41, 5.74) is 0. The summed E-state index contributed by atoms with van der Waals surface area (Å²) < 4.78 is 10.6. The molecule has 1 aliphatic rings. The lowest BCUT2D eigenvalue weighted by Crippen LogP contribution is -2.28. The number of ketones is 1. The minimum atomic E-state index is -0.839. The third kappa shape index (κ3) is 22.5. The lowest BCUT2D eigenvalue weighted by molar-refractivity contribution is -0.161. The van der Waals surface area contributed by atoms with Crippen LogP contribution in [0, 0.1) is 11.8 Å². The number of hydrogen-bond donors (Lipinski definition) is 3. The molecule has 1 saturated carbocycles. The minimum absolute atomic E-state index is 0.0358. The number of Topliss-reactive ketones (excluding diaryl/α,β-unsaturated/α-hetero) is 1. The molecule has 0 bridgehead atoms. The average Bonchev–Trinajstić information content (AvgIpc) is 3.32. The van der Waals surface area contributed by atoms with E-state index >= 15 is 0 Å². The monoisotopic (exact) mass is 667 g/mol. The van der Waals surface area contributed by atoms with Crippen molar-refractivity contribution in [2.24, 2.45) is 11.8 Å². The molecule has 0 aromatic carbocycles. The van der Waals surface area contributed by atoms with Crippen LogP contribution in [0.5, 0.6) is 0 Å². The van der Waals surface area contributed by atoms with Gasteiger partial charge in [0.25, 0.3) is 0 Å². The third-order valence-corrected chi connectivity index (χ3v) is 9.47. The molecule has 0 radical (unpaired) electrons. The zero-order chi connectivity index (χ0) is 34.5. The van der Waals surface area contributed by atoms with Gasteiger partial charge in [0, 0.05) is 25.2 Å². The summed E-state index contributed by atoms with van der Waals surface area (Å²) in [5, 5.41) is 30.2. The molecule has 0 heterocycles. The standard InChI is InChI=1S/C39H70O8/c1-3-5-7-8-9-10-11-12-13-14-15-16-22-26-39(45)47-33(30-40)31-46-38(44)25-21-18-17-20-24-34-35(37(43)29-36(34)42)28-27-32(41)23-19-6-4-2/h27-28,32-36,40-42H,3-26,29-31H2,1-2H3/b28-27+/t32-,33-,34+,35+,36-/m0/s1. The SMILES string of the molecule is CCCCCCCCCCCCCCCC(=O)O[C@@H](CO)COC(=O)CCCCCC[C@H]1[C@@H](O)CC(=O)[C@@H]1/C=C/[C@@H](O)CCCCC. The number of allylic oxidation sites excluding steroid dienone is 1. The van der Waals surface area contributed by atoms with Crippen LogP contribution in [-0.2, 0) is 23.9 Å². The van der Waals surface area contributed by atoms with Crippen LogP contribution < -0.4 is 0 Å². The zero-order valence-electron chi connectivity index (χ0n) is 30.0. The van der Waals surface area contributed by atoms with Crippen LogP contribution in [0.2, 0.25) is 0 Å². The van der Waals surface area contributed by atoms with Gasteiger partial charge in [-0.3, -0.25) is 14.4 Å². The van der Waals surface area contributed by atoms with E-state index in [0.717, 1.165) is 64.2 Å². The van der Waals surface area contributed by atoms with Crippen LogP contribution >= 0.6 is 0 Å². The van der Waals surface area contributed by atoms with Gasteiger partial charge in [-0.05, 0) is 31.6 Å². The second-order valence-corrected chi connectivity index (χ2v) is 13.8.